The number of carbonyl (C=O) groups excluding carboxylic acids is 1. The molecule has 1 N–H and O–H groups in total. The fraction of sp³-hybridized carbons (Fsp3) is 0.867. The van der Waals surface area contributed by atoms with Crippen molar-refractivity contribution < 1.29 is 19.4 Å². The summed E-state index contributed by atoms with van der Waals surface area (Å²) in [6.45, 7) is 6.38. The average Bonchev–Trinajstić information content (AvgIpc) is 2.46. The summed E-state index contributed by atoms with van der Waals surface area (Å²) in [5, 5.41) is 9.23. The van der Waals surface area contributed by atoms with Gasteiger partial charge >= 0.3 is 5.97 Å². The van der Waals surface area contributed by atoms with Gasteiger partial charge in [-0.05, 0) is 31.6 Å². The second kappa shape index (κ2) is 6.12. The summed E-state index contributed by atoms with van der Waals surface area (Å²) in [5.74, 6) is -0.813. The Morgan fingerprint density at radius 1 is 1.30 bits per heavy atom. The molecule has 2 aliphatic rings. The van der Waals surface area contributed by atoms with Crippen LogP contribution in [0.5, 0.6) is 0 Å². The third-order valence-corrected chi connectivity index (χ3v) is 4.88. The summed E-state index contributed by atoms with van der Waals surface area (Å²) in [7, 11) is 0. The SMILES string of the molecule is CCC1(C(=O)N2CC(C)CC(C(=O)O)C2)CCOCC1. The molecule has 2 aliphatic heterocycles. The van der Waals surface area contributed by atoms with Crippen LogP contribution in [0.4, 0.5) is 0 Å². The molecule has 2 atom stereocenters. The zero-order valence-corrected chi connectivity index (χ0v) is 12.4. The molecule has 2 unspecified atom stereocenters. The number of amides is 1. The molecule has 0 aromatic rings. The summed E-state index contributed by atoms with van der Waals surface area (Å²) in [5.41, 5.74) is -0.335. The Labute approximate surface area is 120 Å². The zero-order valence-electron chi connectivity index (χ0n) is 12.4. The van der Waals surface area contributed by atoms with Crippen molar-refractivity contribution in [3.8, 4) is 0 Å². The van der Waals surface area contributed by atoms with Crippen LogP contribution >= 0.6 is 0 Å². The molecule has 2 saturated heterocycles. The molecular weight excluding hydrogens is 258 g/mol. The standard InChI is InChI=1S/C15H25NO4/c1-3-15(4-6-20-7-5-15)14(19)16-9-11(2)8-12(10-16)13(17)18/h11-12H,3-10H2,1-2H3,(H,17,18). The zero-order chi connectivity index (χ0) is 14.8. The monoisotopic (exact) mass is 283 g/mol. The third-order valence-electron chi connectivity index (χ3n) is 4.88. The highest BCUT2D eigenvalue weighted by molar-refractivity contribution is 5.83. The van der Waals surface area contributed by atoms with Crippen molar-refractivity contribution in [2.75, 3.05) is 26.3 Å². The minimum Gasteiger partial charge on any atom is -0.481 e. The molecule has 1 amide bonds. The van der Waals surface area contributed by atoms with Gasteiger partial charge in [-0.2, -0.15) is 0 Å². The molecule has 0 aromatic carbocycles. The fourth-order valence-corrected chi connectivity index (χ4v) is 3.51. The second-order valence-corrected chi connectivity index (χ2v) is 6.33. The van der Waals surface area contributed by atoms with E-state index in [1.165, 1.54) is 0 Å². The summed E-state index contributed by atoms with van der Waals surface area (Å²) in [6, 6.07) is 0. The highest BCUT2D eigenvalue weighted by Crippen LogP contribution is 2.37. The lowest BCUT2D eigenvalue weighted by atomic mass is 9.75. The van der Waals surface area contributed by atoms with E-state index in [-0.39, 0.29) is 17.2 Å². The molecule has 2 heterocycles. The van der Waals surface area contributed by atoms with Gasteiger partial charge in [0.25, 0.3) is 0 Å². The van der Waals surface area contributed by atoms with Gasteiger partial charge in [0, 0.05) is 26.3 Å². The van der Waals surface area contributed by atoms with Gasteiger partial charge < -0.3 is 14.7 Å². The number of ether oxygens (including phenoxy) is 1. The van der Waals surface area contributed by atoms with Crippen LogP contribution in [0.15, 0.2) is 0 Å². The molecule has 0 radical (unpaired) electrons. The van der Waals surface area contributed by atoms with Gasteiger partial charge in [-0.3, -0.25) is 9.59 Å². The van der Waals surface area contributed by atoms with Crippen LogP contribution in [0.25, 0.3) is 0 Å². The van der Waals surface area contributed by atoms with Gasteiger partial charge in [0.1, 0.15) is 0 Å². The summed E-state index contributed by atoms with van der Waals surface area (Å²) in [6.07, 6.45) is 2.98. The molecular formula is C15H25NO4. The molecule has 0 bridgehead atoms. The number of rotatable bonds is 3. The topological polar surface area (TPSA) is 66.8 Å². The highest BCUT2D eigenvalue weighted by Gasteiger charge is 2.43. The first-order chi connectivity index (χ1) is 9.48. The van der Waals surface area contributed by atoms with Crippen molar-refractivity contribution in [3.63, 3.8) is 0 Å². The van der Waals surface area contributed by atoms with E-state index in [0.29, 0.717) is 32.7 Å². The molecule has 114 valence electrons. The maximum Gasteiger partial charge on any atom is 0.308 e. The van der Waals surface area contributed by atoms with E-state index in [0.717, 1.165) is 19.3 Å². The van der Waals surface area contributed by atoms with Crippen LogP contribution in [0, 0.1) is 17.3 Å². The van der Waals surface area contributed by atoms with Crippen LogP contribution in [-0.2, 0) is 14.3 Å². The smallest absolute Gasteiger partial charge is 0.308 e. The minimum absolute atomic E-state index is 0.140. The van der Waals surface area contributed by atoms with E-state index in [1.54, 1.807) is 4.90 Å². The maximum atomic E-state index is 12.9. The molecule has 0 aliphatic carbocycles. The highest BCUT2D eigenvalue weighted by atomic mass is 16.5. The molecule has 5 nitrogen and oxygen atoms in total. The number of hydrogen-bond donors (Lipinski definition) is 1. The van der Waals surface area contributed by atoms with Crippen molar-refractivity contribution in [1.29, 1.82) is 0 Å². The lowest BCUT2D eigenvalue weighted by molar-refractivity contribution is -0.155. The predicted molar refractivity (Wildman–Crippen MR) is 74.3 cm³/mol. The van der Waals surface area contributed by atoms with E-state index < -0.39 is 11.9 Å². The van der Waals surface area contributed by atoms with Crippen molar-refractivity contribution >= 4 is 11.9 Å². The normalized spacial score (nSPS) is 30.0. The van der Waals surface area contributed by atoms with Crippen molar-refractivity contribution in [3.05, 3.63) is 0 Å². The van der Waals surface area contributed by atoms with Crippen molar-refractivity contribution in [1.82, 2.24) is 4.90 Å². The Morgan fingerprint density at radius 2 is 1.95 bits per heavy atom. The number of carboxylic acids is 1. The molecule has 0 saturated carbocycles. The lowest BCUT2D eigenvalue weighted by Crippen LogP contribution is -2.52. The summed E-state index contributed by atoms with van der Waals surface area (Å²) < 4.78 is 5.38. The van der Waals surface area contributed by atoms with Gasteiger partial charge in [0.2, 0.25) is 5.91 Å². The Bertz CT molecular complexity index is 376. The average molecular weight is 283 g/mol. The van der Waals surface area contributed by atoms with Gasteiger partial charge in [-0.15, -0.1) is 0 Å². The number of carboxylic acid groups (broad SMARTS) is 1. The molecule has 2 fully saturated rings. The molecule has 0 aromatic heterocycles. The Kier molecular flexibility index (Phi) is 4.68. The Hall–Kier alpha value is -1.10. The van der Waals surface area contributed by atoms with E-state index in [9.17, 15) is 14.7 Å². The quantitative estimate of drug-likeness (QED) is 0.857. The van der Waals surface area contributed by atoms with Crippen LogP contribution in [0.1, 0.15) is 39.5 Å². The largest absolute Gasteiger partial charge is 0.481 e. The first kappa shape index (κ1) is 15.3. The first-order valence-corrected chi connectivity index (χ1v) is 7.58. The number of likely N-dealkylation sites (tertiary alicyclic amines) is 1. The Morgan fingerprint density at radius 3 is 2.50 bits per heavy atom. The van der Waals surface area contributed by atoms with Gasteiger partial charge in [0.15, 0.2) is 0 Å². The van der Waals surface area contributed by atoms with Crippen LogP contribution in [-0.4, -0.2) is 48.2 Å². The second-order valence-electron chi connectivity index (χ2n) is 6.33. The summed E-state index contributed by atoms with van der Waals surface area (Å²) in [4.78, 5) is 25.9. The fourth-order valence-electron chi connectivity index (χ4n) is 3.51. The van der Waals surface area contributed by atoms with Crippen LogP contribution in [0.3, 0.4) is 0 Å². The lowest BCUT2D eigenvalue weighted by Gasteiger charge is -2.43. The van der Waals surface area contributed by atoms with E-state index in [1.807, 2.05) is 13.8 Å². The number of carbonyl (C=O) groups is 2. The third kappa shape index (κ3) is 2.97. The molecule has 5 heteroatoms. The van der Waals surface area contributed by atoms with Crippen LogP contribution in [0.2, 0.25) is 0 Å². The van der Waals surface area contributed by atoms with E-state index in [2.05, 4.69) is 0 Å². The minimum atomic E-state index is -0.785. The number of aliphatic carboxylic acids is 1. The molecule has 20 heavy (non-hydrogen) atoms. The number of hydrogen-bond acceptors (Lipinski definition) is 3. The van der Waals surface area contributed by atoms with Crippen molar-refractivity contribution in [2.24, 2.45) is 17.3 Å². The van der Waals surface area contributed by atoms with Gasteiger partial charge in [0.05, 0.1) is 11.3 Å². The van der Waals surface area contributed by atoms with Crippen molar-refractivity contribution in [2.45, 2.75) is 39.5 Å². The summed E-state index contributed by atoms with van der Waals surface area (Å²) >= 11 is 0. The maximum absolute atomic E-state index is 12.9. The van der Waals surface area contributed by atoms with E-state index in [4.69, 9.17) is 4.74 Å². The van der Waals surface area contributed by atoms with Crippen LogP contribution < -0.4 is 0 Å². The van der Waals surface area contributed by atoms with Gasteiger partial charge in [-0.1, -0.05) is 13.8 Å². The number of piperidine rings is 1. The predicted octanol–water partition coefficient (Wildman–Crippen LogP) is 1.76. The Balaban J connectivity index is 2.12. The molecule has 2 rings (SSSR count). The first-order valence-electron chi connectivity index (χ1n) is 7.58. The van der Waals surface area contributed by atoms with Gasteiger partial charge in [-0.25, -0.2) is 0 Å². The number of nitrogens with zero attached hydrogens (tertiary/aromatic N) is 1. The van der Waals surface area contributed by atoms with E-state index >= 15 is 0 Å². The molecule has 0 spiro atoms.